The molecule has 104 valence electrons. The van der Waals surface area contributed by atoms with E-state index >= 15 is 0 Å². The predicted molar refractivity (Wildman–Crippen MR) is 73.2 cm³/mol. The number of rotatable bonds is 6. The molecule has 19 heavy (non-hydrogen) atoms. The summed E-state index contributed by atoms with van der Waals surface area (Å²) in [6.07, 6.45) is 0. The molecule has 1 aromatic rings. The molecule has 2 N–H and O–H groups in total. The normalized spacial score (nSPS) is 11.5. The zero-order valence-electron chi connectivity index (χ0n) is 10.9. The number of carbonyl (C=O) groups excluding carboxylic acids is 2. The molecule has 1 rings (SSSR count). The van der Waals surface area contributed by atoms with E-state index in [2.05, 4.69) is 10.6 Å². The molecular formula is C13H17ClN2O3. The van der Waals surface area contributed by atoms with Gasteiger partial charge in [0.1, 0.15) is 11.8 Å². The van der Waals surface area contributed by atoms with Crippen LogP contribution in [0.1, 0.15) is 13.8 Å². The summed E-state index contributed by atoms with van der Waals surface area (Å²) in [5.41, 5.74) is 0. The number of amides is 2. The minimum atomic E-state index is -0.582. The van der Waals surface area contributed by atoms with Gasteiger partial charge in [0.25, 0.3) is 5.91 Å². The van der Waals surface area contributed by atoms with E-state index in [1.807, 2.05) is 6.92 Å². The fourth-order valence-electron chi connectivity index (χ4n) is 1.36. The molecule has 0 aromatic heterocycles. The van der Waals surface area contributed by atoms with Crippen molar-refractivity contribution >= 4 is 23.4 Å². The fourth-order valence-corrected chi connectivity index (χ4v) is 1.48. The lowest BCUT2D eigenvalue weighted by Crippen LogP contribution is -2.46. The Labute approximate surface area is 117 Å². The molecule has 0 aliphatic heterocycles. The number of ether oxygens (including phenoxy) is 1. The highest BCUT2D eigenvalue weighted by Crippen LogP contribution is 2.15. The highest BCUT2D eigenvalue weighted by molar-refractivity contribution is 6.30. The molecule has 2 amide bonds. The minimum absolute atomic E-state index is 0.147. The van der Waals surface area contributed by atoms with Crippen LogP contribution < -0.4 is 15.4 Å². The van der Waals surface area contributed by atoms with E-state index in [1.54, 1.807) is 31.2 Å². The van der Waals surface area contributed by atoms with Crippen LogP contribution in [0.25, 0.3) is 0 Å². The van der Waals surface area contributed by atoms with Gasteiger partial charge in [-0.2, -0.15) is 0 Å². The summed E-state index contributed by atoms with van der Waals surface area (Å²) < 4.78 is 5.26. The number of carbonyl (C=O) groups is 2. The maximum atomic E-state index is 11.6. The topological polar surface area (TPSA) is 67.4 Å². The van der Waals surface area contributed by atoms with Gasteiger partial charge in [-0.25, -0.2) is 0 Å². The van der Waals surface area contributed by atoms with E-state index < -0.39 is 6.04 Å². The molecule has 1 aromatic carbocycles. The van der Waals surface area contributed by atoms with Crippen LogP contribution in [0.15, 0.2) is 24.3 Å². The van der Waals surface area contributed by atoms with Gasteiger partial charge in [-0.15, -0.1) is 0 Å². The summed E-state index contributed by atoms with van der Waals surface area (Å²) in [5.74, 6) is -0.0266. The fraction of sp³-hybridized carbons (Fsp3) is 0.385. The molecule has 0 bridgehead atoms. The van der Waals surface area contributed by atoms with Gasteiger partial charge in [0.2, 0.25) is 5.91 Å². The molecular weight excluding hydrogens is 268 g/mol. The van der Waals surface area contributed by atoms with Gasteiger partial charge >= 0.3 is 0 Å². The highest BCUT2D eigenvalue weighted by Gasteiger charge is 2.14. The molecule has 6 heteroatoms. The third-order valence-electron chi connectivity index (χ3n) is 2.31. The smallest absolute Gasteiger partial charge is 0.258 e. The summed E-state index contributed by atoms with van der Waals surface area (Å²) in [6, 6.07) is 6.10. The summed E-state index contributed by atoms with van der Waals surface area (Å²) in [4.78, 5) is 23.0. The molecule has 0 spiro atoms. The standard InChI is InChI=1S/C13H17ClN2O3/c1-3-15-13(18)9(2)16-12(17)8-19-11-6-4-10(14)5-7-11/h4-7,9H,3,8H2,1-2H3,(H,15,18)(H,16,17)/t9-/m0/s1. The first-order valence-corrected chi connectivity index (χ1v) is 6.36. The van der Waals surface area contributed by atoms with Gasteiger partial charge in [0, 0.05) is 11.6 Å². The lowest BCUT2D eigenvalue weighted by molar-refractivity contribution is -0.129. The first-order chi connectivity index (χ1) is 9.02. The number of benzene rings is 1. The van der Waals surface area contributed by atoms with Crippen molar-refractivity contribution < 1.29 is 14.3 Å². The Kier molecular flexibility index (Phi) is 6.15. The highest BCUT2D eigenvalue weighted by atomic mass is 35.5. The van der Waals surface area contributed by atoms with E-state index in [9.17, 15) is 9.59 Å². The lowest BCUT2D eigenvalue weighted by Gasteiger charge is -2.13. The van der Waals surface area contributed by atoms with Crippen LogP contribution in [0, 0.1) is 0 Å². The van der Waals surface area contributed by atoms with Crippen molar-refractivity contribution in [1.82, 2.24) is 10.6 Å². The van der Waals surface area contributed by atoms with Crippen molar-refractivity contribution in [3.8, 4) is 5.75 Å². The van der Waals surface area contributed by atoms with Crippen LogP contribution in [0.2, 0.25) is 5.02 Å². The molecule has 0 saturated heterocycles. The van der Waals surface area contributed by atoms with Crippen LogP contribution in [-0.2, 0) is 9.59 Å². The third-order valence-corrected chi connectivity index (χ3v) is 2.56. The Bertz CT molecular complexity index is 434. The van der Waals surface area contributed by atoms with E-state index in [4.69, 9.17) is 16.3 Å². The third kappa shape index (κ3) is 5.61. The Hall–Kier alpha value is -1.75. The molecule has 0 unspecified atom stereocenters. The van der Waals surface area contributed by atoms with Crippen LogP contribution in [-0.4, -0.2) is 31.0 Å². The average molecular weight is 285 g/mol. The van der Waals surface area contributed by atoms with E-state index in [1.165, 1.54) is 0 Å². The van der Waals surface area contributed by atoms with Gasteiger partial charge in [-0.3, -0.25) is 9.59 Å². The molecule has 0 heterocycles. The van der Waals surface area contributed by atoms with E-state index in [0.29, 0.717) is 17.3 Å². The van der Waals surface area contributed by atoms with E-state index in [-0.39, 0.29) is 18.4 Å². The maximum absolute atomic E-state index is 11.6. The van der Waals surface area contributed by atoms with Crippen molar-refractivity contribution in [2.45, 2.75) is 19.9 Å². The van der Waals surface area contributed by atoms with Crippen LogP contribution in [0.5, 0.6) is 5.75 Å². The second-order valence-electron chi connectivity index (χ2n) is 3.93. The molecule has 1 atom stereocenters. The summed E-state index contributed by atoms with van der Waals surface area (Å²) in [6.45, 7) is 3.81. The lowest BCUT2D eigenvalue weighted by atomic mass is 10.3. The molecule has 0 radical (unpaired) electrons. The second kappa shape index (κ2) is 7.63. The van der Waals surface area contributed by atoms with Gasteiger partial charge < -0.3 is 15.4 Å². The maximum Gasteiger partial charge on any atom is 0.258 e. The Morgan fingerprint density at radius 3 is 2.53 bits per heavy atom. The van der Waals surface area contributed by atoms with Crippen molar-refractivity contribution in [2.24, 2.45) is 0 Å². The first kappa shape index (κ1) is 15.3. The van der Waals surface area contributed by atoms with Crippen molar-refractivity contribution in [1.29, 1.82) is 0 Å². The van der Waals surface area contributed by atoms with Gasteiger partial charge in [0.15, 0.2) is 6.61 Å². The molecule has 0 aliphatic carbocycles. The van der Waals surface area contributed by atoms with Crippen LogP contribution in [0.4, 0.5) is 0 Å². The van der Waals surface area contributed by atoms with Gasteiger partial charge in [-0.1, -0.05) is 11.6 Å². The zero-order valence-corrected chi connectivity index (χ0v) is 11.7. The molecule has 0 aliphatic rings. The molecule has 0 fully saturated rings. The Balaban J connectivity index is 2.35. The van der Waals surface area contributed by atoms with Crippen LogP contribution in [0.3, 0.4) is 0 Å². The Morgan fingerprint density at radius 1 is 1.32 bits per heavy atom. The van der Waals surface area contributed by atoms with Gasteiger partial charge in [-0.05, 0) is 38.1 Å². The number of nitrogens with one attached hydrogen (secondary N) is 2. The van der Waals surface area contributed by atoms with Crippen LogP contribution >= 0.6 is 11.6 Å². The number of hydrogen-bond donors (Lipinski definition) is 2. The monoisotopic (exact) mass is 284 g/mol. The van der Waals surface area contributed by atoms with Crippen molar-refractivity contribution in [2.75, 3.05) is 13.2 Å². The minimum Gasteiger partial charge on any atom is -0.484 e. The summed E-state index contributed by atoms with van der Waals surface area (Å²) >= 11 is 5.73. The summed E-state index contributed by atoms with van der Waals surface area (Å²) in [5, 5.41) is 5.76. The average Bonchev–Trinajstić information content (AvgIpc) is 2.38. The number of hydrogen-bond acceptors (Lipinski definition) is 3. The molecule has 0 saturated carbocycles. The predicted octanol–water partition coefficient (Wildman–Crippen LogP) is 1.36. The van der Waals surface area contributed by atoms with Crippen molar-refractivity contribution in [3.05, 3.63) is 29.3 Å². The SMILES string of the molecule is CCNC(=O)[C@H](C)NC(=O)COc1ccc(Cl)cc1. The molecule has 5 nitrogen and oxygen atoms in total. The number of likely N-dealkylation sites (N-methyl/N-ethyl adjacent to an activating group) is 1. The largest absolute Gasteiger partial charge is 0.484 e. The second-order valence-corrected chi connectivity index (χ2v) is 4.36. The first-order valence-electron chi connectivity index (χ1n) is 5.98. The number of halogens is 1. The Morgan fingerprint density at radius 2 is 1.95 bits per heavy atom. The van der Waals surface area contributed by atoms with Gasteiger partial charge in [0.05, 0.1) is 0 Å². The zero-order chi connectivity index (χ0) is 14.3. The quantitative estimate of drug-likeness (QED) is 0.829. The van der Waals surface area contributed by atoms with Crippen molar-refractivity contribution in [3.63, 3.8) is 0 Å². The summed E-state index contributed by atoms with van der Waals surface area (Å²) in [7, 11) is 0. The van der Waals surface area contributed by atoms with E-state index in [0.717, 1.165) is 0 Å².